The van der Waals surface area contributed by atoms with Crippen LogP contribution in [0.2, 0.25) is 0 Å². The van der Waals surface area contributed by atoms with Crippen molar-refractivity contribution >= 4 is 11.7 Å². The maximum Gasteiger partial charge on any atom is 0.319 e. The molecular formula is C31H40N4O3. The Bertz CT molecular complexity index is 1130. The predicted molar refractivity (Wildman–Crippen MR) is 154 cm³/mol. The molecule has 2 amide bonds. The number of hydrogen-bond donors (Lipinski definition) is 3. The number of anilines is 1. The molecule has 1 saturated heterocycles. The van der Waals surface area contributed by atoms with Crippen LogP contribution in [0.5, 0.6) is 11.5 Å². The summed E-state index contributed by atoms with van der Waals surface area (Å²) in [7, 11) is 2.13. The van der Waals surface area contributed by atoms with Crippen LogP contribution in [-0.2, 0) is 0 Å². The SMILES string of the molecule is CC(COc1ccc(O)cc1)N(C)CCCN1CCC(NC(=O)Nc2ccccc2-c2ccccc2)CC1. The second-order valence-corrected chi connectivity index (χ2v) is 10.1. The number of nitrogens with one attached hydrogen (secondary N) is 2. The zero-order valence-electron chi connectivity index (χ0n) is 22.5. The fourth-order valence-corrected chi connectivity index (χ4v) is 4.76. The number of urea groups is 1. The number of phenolic OH excluding ortho intramolecular Hbond substituents is 1. The van der Waals surface area contributed by atoms with Gasteiger partial charge in [0.1, 0.15) is 18.1 Å². The molecule has 38 heavy (non-hydrogen) atoms. The molecule has 3 aromatic rings. The first-order valence-electron chi connectivity index (χ1n) is 13.5. The summed E-state index contributed by atoms with van der Waals surface area (Å²) in [4.78, 5) is 17.6. The minimum Gasteiger partial charge on any atom is -0.508 e. The summed E-state index contributed by atoms with van der Waals surface area (Å²) in [5.74, 6) is 1.02. The highest BCUT2D eigenvalue weighted by Crippen LogP contribution is 2.27. The van der Waals surface area contributed by atoms with Crippen LogP contribution in [0, 0.1) is 0 Å². The number of para-hydroxylation sites is 1. The largest absolute Gasteiger partial charge is 0.508 e. The Labute approximate surface area is 226 Å². The minimum absolute atomic E-state index is 0.142. The van der Waals surface area contributed by atoms with Gasteiger partial charge in [-0.25, -0.2) is 4.79 Å². The molecule has 7 heteroatoms. The highest BCUT2D eigenvalue weighted by atomic mass is 16.5. The summed E-state index contributed by atoms with van der Waals surface area (Å²) >= 11 is 0. The van der Waals surface area contributed by atoms with Crippen molar-refractivity contribution in [1.29, 1.82) is 0 Å². The summed E-state index contributed by atoms with van der Waals surface area (Å²) in [6.45, 7) is 6.82. The summed E-state index contributed by atoms with van der Waals surface area (Å²) in [5.41, 5.74) is 2.92. The van der Waals surface area contributed by atoms with E-state index in [2.05, 4.69) is 46.5 Å². The topological polar surface area (TPSA) is 77.1 Å². The average molecular weight is 517 g/mol. The Kier molecular flexibility index (Phi) is 10.0. The highest BCUT2D eigenvalue weighted by molar-refractivity contribution is 5.94. The van der Waals surface area contributed by atoms with Gasteiger partial charge in [0.2, 0.25) is 0 Å². The summed E-state index contributed by atoms with van der Waals surface area (Å²) in [6.07, 6.45) is 3.01. The normalized spacial score (nSPS) is 15.2. The number of likely N-dealkylation sites (tertiary alicyclic amines) is 1. The maximum atomic E-state index is 12.8. The van der Waals surface area contributed by atoms with Gasteiger partial charge in [0.05, 0.1) is 5.69 Å². The van der Waals surface area contributed by atoms with Crippen LogP contribution in [0.1, 0.15) is 26.2 Å². The lowest BCUT2D eigenvalue weighted by Crippen LogP contribution is -2.46. The number of carbonyl (C=O) groups excluding carboxylic acids is 1. The number of benzene rings is 3. The van der Waals surface area contributed by atoms with E-state index in [-0.39, 0.29) is 17.8 Å². The van der Waals surface area contributed by atoms with E-state index in [4.69, 9.17) is 4.74 Å². The molecule has 1 fully saturated rings. The number of amides is 2. The molecule has 1 unspecified atom stereocenters. The van der Waals surface area contributed by atoms with Gasteiger partial charge in [-0.2, -0.15) is 0 Å². The van der Waals surface area contributed by atoms with Gasteiger partial charge in [0, 0.05) is 30.7 Å². The minimum atomic E-state index is -0.142. The molecule has 1 atom stereocenters. The molecule has 0 saturated carbocycles. The molecule has 1 aliphatic heterocycles. The number of ether oxygens (including phenoxy) is 1. The van der Waals surface area contributed by atoms with Gasteiger partial charge in [-0.3, -0.25) is 0 Å². The van der Waals surface area contributed by atoms with Crippen molar-refractivity contribution in [3.05, 3.63) is 78.9 Å². The molecule has 1 aliphatic rings. The molecule has 0 bridgehead atoms. The lowest BCUT2D eigenvalue weighted by molar-refractivity contribution is 0.154. The lowest BCUT2D eigenvalue weighted by Gasteiger charge is -2.33. The molecule has 0 aromatic heterocycles. The fourth-order valence-electron chi connectivity index (χ4n) is 4.76. The van der Waals surface area contributed by atoms with Crippen molar-refractivity contribution in [2.45, 2.75) is 38.3 Å². The van der Waals surface area contributed by atoms with Crippen LogP contribution in [0.3, 0.4) is 0 Å². The molecule has 4 rings (SSSR count). The van der Waals surface area contributed by atoms with E-state index in [9.17, 15) is 9.90 Å². The van der Waals surface area contributed by atoms with Crippen molar-refractivity contribution in [3.63, 3.8) is 0 Å². The van der Waals surface area contributed by atoms with E-state index >= 15 is 0 Å². The Morgan fingerprint density at radius 2 is 1.71 bits per heavy atom. The van der Waals surface area contributed by atoms with Crippen LogP contribution in [0.15, 0.2) is 78.9 Å². The van der Waals surface area contributed by atoms with Gasteiger partial charge in [-0.15, -0.1) is 0 Å². The van der Waals surface area contributed by atoms with Crippen molar-refractivity contribution in [1.82, 2.24) is 15.1 Å². The smallest absolute Gasteiger partial charge is 0.319 e. The zero-order chi connectivity index (χ0) is 26.7. The quantitative estimate of drug-likeness (QED) is 0.317. The van der Waals surface area contributed by atoms with Gasteiger partial charge in [-0.1, -0.05) is 48.5 Å². The lowest BCUT2D eigenvalue weighted by atomic mass is 10.0. The van der Waals surface area contributed by atoms with Gasteiger partial charge in [-0.05, 0) is 82.2 Å². The number of carbonyl (C=O) groups is 1. The van der Waals surface area contributed by atoms with Gasteiger partial charge < -0.3 is 30.3 Å². The summed E-state index contributed by atoms with van der Waals surface area (Å²) < 4.78 is 5.85. The first kappa shape index (κ1) is 27.5. The van der Waals surface area contributed by atoms with E-state index < -0.39 is 0 Å². The van der Waals surface area contributed by atoms with Crippen molar-refractivity contribution in [2.24, 2.45) is 0 Å². The number of likely N-dealkylation sites (N-methyl/N-ethyl adjacent to an activating group) is 1. The standard InChI is InChI=1S/C31H40N4O3/c1-24(23-38-28-15-13-27(36)14-16-28)34(2)19-8-20-35-21-17-26(18-22-35)32-31(37)33-30-12-7-6-11-29(30)25-9-4-3-5-10-25/h3-7,9-16,24,26,36H,8,17-23H2,1-2H3,(H2,32,33,37). The Balaban J connectivity index is 1.13. The van der Waals surface area contributed by atoms with E-state index in [0.717, 1.165) is 68.0 Å². The van der Waals surface area contributed by atoms with Crippen molar-refractivity contribution in [3.8, 4) is 22.6 Å². The monoisotopic (exact) mass is 516 g/mol. The second-order valence-electron chi connectivity index (χ2n) is 10.1. The number of rotatable bonds is 11. The predicted octanol–water partition coefficient (Wildman–Crippen LogP) is 5.43. The van der Waals surface area contributed by atoms with Gasteiger partial charge >= 0.3 is 6.03 Å². The number of nitrogens with zero attached hydrogens (tertiary/aromatic N) is 2. The zero-order valence-corrected chi connectivity index (χ0v) is 22.5. The van der Waals surface area contributed by atoms with E-state index in [1.165, 1.54) is 0 Å². The molecule has 1 heterocycles. The third-order valence-electron chi connectivity index (χ3n) is 7.25. The Morgan fingerprint density at radius 3 is 2.45 bits per heavy atom. The number of aromatic hydroxyl groups is 1. The molecule has 7 nitrogen and oxygen atoms in total. The third kappa shape index (κ3) is 8.23. The molecule has 0 radical (unpaired) electrons. The van der Waals surface area contributed by atoms with Crippen LogP contribution in [0.25, 0.3) is 11.1 Å². The maximum absolute atomic E-state index is 12.8. The Morgan fingerprint density at radius 1 is 1.03 bits per heavy atom. The average Bonchev–Trinajstić information content (AvgIpc) is 2.94. The number of phenols is 1. The number of piperidine rings is 1. The van der Waals surface area contributed by atoms with Gasteiger partial charge in [0.25, 0.3) is 0 Å². The van der Waals surface area contributed by atoms with E-state index in [0.29, 0.717) is 12.6 Å². The summed E-state index contributed by atoms with van der Waals surface area (Å²) in [6, 6.07) is 25.2. The molecule has 3 N–H and O–H groups in total. The molecule has 3 aromatic carbocycles. The Hall–Kier alpha value is -3.55. The van der Waals surface area contributed by atoms with Crippen LogP contribution < -0.4 is 15.4 Å². The second kappa shape index (κ2) is 13.8. The summed E-state index contributed by atoms with van der Waals surface area (Å²) in [5, 5.41) is 15.6. The third-order valence-corrected chi connectivity index (χ3v) is 7.25. The molecular weight excluding hydrogens is 476 g/mol. The van der Waals surface area contributed by atoms with Crippen molar-refractivity contribution in [2.75, 3.05) is 45.2 Å². The number of hydrogen-bond acceptors (Lipinski definition) is 5. The van der Waals surface area contributed by atoms with Crippen LogP contribution >= 0.6 is 0 Å². The molecule has 0 aliphatic carbocycles. The molecule has 202 valence electrons. The van der Waals surface area contributed by atoms with E-state index in [1.54, 1.807) is 24.3 Å². The fraction of sp³-hybridized carbons (Fsp3) is 0.387. The first-order chi connectivity index (χ1) is 18.5. The van der Waals surface area contributed by atoms with Gasteiger partial charge in [0.15, 0.2) is 0 Å². The highest BCUT2D eigenvalue weighted by Gasteiger charge is 2.21. The van der Waals surface area contributed by atoms with Crippen molar-refractivity contribution < 1.29 is 14.6 Å². The van der Waals surface area contributed by atoms with Crippen LogP contribution in [-0.4, -0.2) is 72.9 Å². The van der Waals surface area contributed by atoms with Crippen LogP contribution in [0.4, 0.5) is 10.5 Å². The first-order valence-corrected chi connectivity index (χ1v) is 13.5. The molecule has 0 spiro atoms. The van der Waals surface area contributed by atoms with E-state index in [1.807, 2.05) is 42.5 Å².